The number of fused-ring (bicyclic) bond motifs is 1. The van der Waals surface area contributed by atoms with Gasteiger partial charge in [-0.2, -0.15) is 0 Å². The molecule has 0 N–H and O–H groups in total. The number of rotatable bonds is 3. The summed E-state index contributed by atoms with van der Waals surface area (Å²) in [7, 11) is 0. The largest absolute Gasteiger partial charge is 0.548 e. The standard InChI is InChI=1S/C16H14N2O4S2/c1-3-17-10-7-5-4-6-9(10)11(13(17)19)12-14(20)18(16(23)24-12)8(2)15(21)22/h4-8H,3H2,1-2H3,(H,21,22)/p-1. The van der Waals surface area contributed by atoms with Crippen molar-refractivity contribution in [1.82, 2.24) is 4.90 Å². The third-order valence-corrected chi connectivity index (χ3v) is 5.39. The highest BCUT2D eigenvalue weighted by Crippen LogP contribution is 2.44. The molecule has 2 heterocycles. The maximum atomic E-state index is 12.8. The van der Waals surface area contributed by atoms with Gasteiger partial charge in [0.05, 0.1) is 28.2 Å². The predicted octanol–water partition coefficient (Wildman–Crippen LogP) is 0.763. The Bertz CT molecular complexity index is 818. The number of hydrogen-bond acceptors (Lipinski definition) is 6. The average Bonchev–Trinajstić information content (AvgIpc) is 2.99. The molecule has 1 unspecified atom stereocenters. The Hall–Kier alpha value is -2.19. The molecule has 0 bridgehead atoms. The van der Waals surface area contributed by atoms with Crippen LogP contribution in [0.4, 0.5) is 5.69 Å². The first-order valence-electron chi connectivity index (χ1n) is 7.30. The zero-order chi connectivity index (χ0) is 17.6. The van der Waals surface area contributed by atoms with Gasteiger partial charge >= 0.3 is 0 Å². The van der Waals surface area contributed by atoms with Crippen LogP contribution >= 0.6 is 24.0 Å². The third-order valence-electron chi connectivity index (χ3n) is 3.99. The van der Waals surface area contributed by atoms with Crippen LogP contribution in [0.15, 0.2) is 29.2 Å². The summed E-state index contributed by atoms with van der Waals surface area (Å²) in [5, 5.41) is 11.1. The van der Waals surface area contributed by atoms with Gasteiger partial charge in [-0.1, -0.05) is 42.2 Å². The Morgan fingerprint density at radius 2 is 1.96 bits per heavy atom. The van der Waals surface area contributed by atoms with Crippen LogP contribution in [0.1, 0.15) is 19.4 Å². The van der Waals surface area contributed by atoms with Crippen molar-refractivity contribution in [2.75, 3.05) is 11.4 Å². The summed E-state index contributed by atoms with van der Waals surface area (Å²) in [5.41, 5.74) is 1.67. The fraction of sp³-hybridized carbons (Fsp3) is 0.250. The number of hydrogen-bond donors (Lipinski definition) is 0. The predicted molar refractivity (Wildman–Crippen MR) is 92.9 cm³/mol. The second-order valence-electron chi connectivity index (χ2n) is 5.31. The van der Waals surface area contributed by atoms with Crippen LogP contribution in [0, 0.1) is 0 Å². The molecule has 8 heteroatoms. The number of nitrogens with zero attached hydrogens (tertiary/aromatic N) is 2. The fourth-order valence-electron chi connectivity index (χ4n) is 2.78. The van der Waals surface area contributed by atoms with E-state index in [0.29, 0.717) is 12.1 Å². The molecule has 1 fully saturated rings. The monoisotopic (exact) mass is 361 g/mol. The molecule has 3 rings (SSSR count). The molecule has 1 saturated heterocycles. The van der Waals surface area contributed by atoms with Crippen LogP contribution in [0.3, 0.4) is 0 Å². The van der Waals surface area contributed by atoms with Crippen molar-refractivity contribution < 1.29 is 19.5 Å². The summed E-state index contributed by atoms with van der Waals surface area (Å²) >= 11 is 6.09. The average molecular weight is 361 g/mol. The number of anilines is 1. The molecule has 2 aliphatic rings. The minimum Gasteiger partial charge on any atom is -0.548 e. The van der Waals surface area contributed by atoms with E-state index >= 15 is 0 Å². The number of carboxylic acids is 1. The number of para-hydroxylation sites is 1. The minimum atomic E-state index is -1.40. The van der Waals surface area contributed by atoms with Crippen LogP contribution in [0.5, 0.6) is 0 Å². The maximum absolute atomic E-state index is 12.8. The van der Waals surface area contributed by atoms with Gasteiger partial charge in [0.25, 0.3) is 11.8 Å². The molecule has 0 aliphatic carbocycles. The first-order valence-corrected chi connectivity index (χ1v) is 8.52. The number of carboxylic acid groups (broad SMARTS) is 1. The Morgan fingerprint density at radius 1 is 1.29 bits per heavy atom. The summed E-state index contributed by atoms with van der Waals surface area (Å²) in [6, 6.07) is 6.00. The molecule has 124 valence electrons. The highest BCUT2D eigenvalue weighted by molar-refractivity contribution is 8.26. The molecule has 0 saturated carbocycles. The first kappa shape index (κ1) is 16.7. The number of thioether (sulfide) groups is 1. The van der Waals surface area contributed by atoms with Crippen LogP contribution in [0.2, 0.25) is 0 Å². The zero-order valence-corrected chi connectivity index (χ0v) is 14.6. The lowest BCUT2D eigenvalue weighted by molar-refractivity contribution is -0.309. The maximum Gasteiger partial charge on any atom is 0.267 e. The summed E-state index contributed by atoms with van der Waals surface area (Å²) in [6.07, 6.45) is 0. The second kappa shape index (κ2) is 6.03. The van der Waals surface area contributed by atoms with E-state index in [9.17, 15) is 19.5 Å². The van der Waals surface area contributed by atoms with E-state index in [2.05, 4.69) is 0 Å². The van der Waals surface area contributed by atoms with E-state index in [1.54, 1.807) is 17.0 Å². The van der Waals surface area contributed by atoms with Crippen molar-refractivity contribution in [1.29, 1.82) is 0 Å². The number of likely N-dealkylation sites (N-methyl/N-ethyl adjacent to an activating group) is 1. The lowest BCUT2D eigenvalue weighted by Gasteiger charge is -2.23. The number of thiocarbonyl (C=S) groups is 1. The number of benzene rings is 1. The van der Waals surface area contributed by atoms with Gasteiger partial charge in [-0.3, -0.25) is 14.5 Å². The third kappa shape index (κ3) is 2.33. The van der Waals surface area contributed by atoms with Gasteiger partial charge < -0.3 is 14.8 Å². The molecular formula is C16H13N2O4S2-. The lowest BCUT2D eigenvalue weighted by Crippen LogP contribution is -2.48. The summed E-state index contributed by atoms with van der Waals surface area (Å²) in [4.78, 5) is 39.3. The van der Waals surface area contributed by atoms with Crippen LogP contribution in [-0.4, -0.2) is 39.6 Å². The van der Waals surface area contributed by atoms with E-state index in [-0.39, 0.29) is 20.7 Å². The smallest absolute Gasteiger partial charge is 0.267 e. The van der Waals surface area contributed by atoms with Gasteiger partial charge in [-0.25, -0.2) is 0 Å². The first-order chi connectivity index (χ1) is 11.4. The molecule has 1 aromatic rings. The van der Waals surface area contributed by atoms with Gasteiger partial charge in [0.2, 0.25) is 0 Å². The van der Waals surface area contributed by atoms with Crippen LogP contribution in [0.25, 0.3) is 5.57 Å². The molecule has 1 aromatic carbocycles. The lowest BCUT2D eigenvalue weighted by atomic mass is 10.1. The molecule has 0 radical (unpaired) electrons. The van der Waals surface area contributed by atoms with Crippen molar-refractivity contribution in [3.8, 4) is 0 Å². The molecule has 0 spiro atoms. The summed E-state index contributed by atoms with van der Waals surface area (Å²) in [6.45, 7) is 3.65. The topological polar surface area (TPSA) is 80.8 Å². The summed E-state index contributed by atoms with van der Waals surface area (Å²) < 4.78 is 0.111. The molecular weight excluding hydrogens is 348 g/mol. The molecule has 6 nitrogen and oxygen atoms in total. The quantitative estimate of drug-likeness (QED) is 0.584. The number of carbonyl (C=O) groups is 3. The SMILES string of the molecule is CCN1C(=O)C(=C2SC(=S)N(C(C)C(=O)[O-])C2=O)c2ccccc21. The number of aliphatic carboxylic acids is 1. The molecule has 0 aromatic heterocycles. The second-order valence-corrected chi connectivity index (χ2v) is 6.95. The highest BCUT2D eigenvalue weighted by atomic mass is 32.2. The van der Waals surface area contributed by atoms with Crippen molar-refractivity contribution in [2.24, 2.45) is 0 Å². The van der Waals surface area contributed by atoms with Gasteiger partial charge in [0.15, 0.2) is 0 Å². The zero-order valence-electron chi connectivity index (χ0n) is 12.9. The molecule has 1 atom stereocenters. The fourth-order valence-corrected chi connectivity index (χ4v) is 4.27. The van der Waals surface area contributed by atoms with E-state index in [1.807, 2.05) is 19.1 Å². The van der Waals surface area contributed by atoms with Gasteiger partial charge in [0, 0.05) is 12.1 Å². The minimum absolute atomic E-state index is 0.111. The van der Waals surface area contributed by atoms with E-state index in [0.717, 1.165) is 22.3 Å². The molecule has 2 aliphatic heterocycles. The number of carbonyl (C=O) groups excluding carboxylic acids is 3. The molecule has 2 amide bonds. The van der Waals surface area contributed by atoms with Crippen molar-refractivity contribution in [3.05, 3.63) is 34.7 Å². The van der Waals surface area contributed by atoms with Gasteiger partial charge in [-0.15, -0.1) is 0 Å². The highest BCUT2D eigenvalue weighted by Gasteiger charge is 2.43. The summed E-state index contributed by atoms with van der Waals surface area (Å²) in [5.74, 6) is -2.25. The Morgan fingerprint density at radius 3 is 2.58 bits per heavy atom. The van der Waals surface area contributed by atoms with E-state index in [4.69, 9.17) is 12.2 Å². The van der Waals surface area contributed by atoms with Crippen LogP contribution in [-0.2, 0) is 14.4 Å². The van der Waals surface area contributed by atoms with Gasteiger partial charge in [-0.05, 0) is 19.9 Å². The van der Waals surface area contributed by atoms with Gasteiger partial charge in [0.1, 0.15) is 4.32 Å². The number of amides is 2. The van der Waals surface area contributed by atoms with E-state index in [1.165, 1.54) is 6.92 Å². The Kier molecular flexibility index (Phi) is 4.18. The normalized spacial score (nSPS) is 21.5. The van der Waals surface area contributed by atoms with Crippen molar-refractivity contribution in [3.63, 3.8) is 0 Å². The van der Waals surface area contributed by atoms with Crippen molar-refractivity contribution in [2.45, 2.75) is 19.9 Å². The molecule has 24 heavy (non-hydrogen) atoms. The van der Waals surface area contributed by atoms with Crippen LogP contribution < -0.4 is 10.0 Å². The Balaban J connectivity index is 2.14. The Labute approximate surface area is 148 Å². The van der Waals surface area contributed by atoms with E-state index < -0.39 is 17.9 Å². The van der Waals surface area contributed by atoms with Crippen molar-refractivity contribution >= 4 is 57.3 Å².